The Balaban J connectivity index is 1.40. The van der Waals surface area contributed by atoms with E-state index < -0.39 is 23.4 Å². The summed E-state index contributed by atoms with van der Waals surface area (Å²) in [6, 6.07) is 13.8. The Labute approximate surface area is 213 Å². The standard InChI is InChI=1S/C26H28F3N3O3S/c1-36-18-32-17-25(35-24(32)33)11-14-31(15-12-25)13-10-23(34-22-8-2-19(16-30)3-9-22)20-4-6-21(7-5-20)26(27,28)29/h2-9,23H,10-15,17-18H2,1H3. The van der Waals surface area contributed by atoms with E-state index in [4.69, 9.17) is 14.7 Å². The number of likely N-dealkylation sites (tertiary alicyclic amines) is 1. The molecule has 1 amide bonds. The Morgan fingerprint density at radius 3 is 2.39 bits per heavy atom. The molecular weight excluding hydrogens is 491 g/mol. The van der Waals surface area contributed by atoms with Gasteiger partial charge in [0, 0.05) is 38.9 Å². The number of hydrogen-bond acceptors (Lipinski definition) is 6. The lowest BCUT2D eigenvalue weighted by Gasteiger charge is -2.37. The molecule has 0 aliphatic carbocycles. The highest BCUT2D eigenvalue weighted by molar-refractivity contribution is 7.98. The Hall–Kier alpha value is -2.90. The first-order valence-corrected chi connectivity index (χ1v) is 13.1. The molecule has 36 heavy (non-hydrogen) atoms. The molecule has 0 aromatic heterocycles. The lowest BCUT2D eigenvalue weighted by Crippen LogP contribution is -2.47. The topological polar surface area (TPSA) is 65.8 Å². The molecule has 0 bridgehead atoms. The third kappa shape index (κ3) is 6.26. The number of hydrogen-bond donors (Lipinski definition) is 0. The second-order valence-electron chi connectivity index (χ2n) is 9.16. The first-order valence-electron chi connectivity index (χ1n) is 11.7. The number of nitriles is 1. The Morgan fingerprint density at radius 1 is 1.14 bits per heavy atom. The van der Waals surface area contributed by atoms with E-state index in [9.17, 15) is 18.0 Å². The molecule has 0 N–H and O–H groups in total. The molecule has 0 radical (unpaired) electrons. The minimum atomic E-state index is -4.40. The van der Waals surface area contributed by atoms with Crippen LogP contribution in [0.25, 0.3) is 0 Å². The van der Waals surface area contributed by atoms with Crippen molar-refractivity contribution in [3.63, 3.8) is 0 Å². The smallest absolute Gasteiger partial charge is 0.416 e. The van der Waals surface area contributed by atoms with E-state index in [2.05, 4.69) is 11.0 Å². The van der Waals surface area contributed by atoms with Gasteiger partial charge in [-0.2, -0.15) is 18.4 Å². The largest absolute Gasteiger partial charge is 0.486 e. The van der Waals surface area contributed by atoms with Crippen molar-refractivity contribution in [3.05, 3.63) is 65.2 Å². The summed E-state index contributed by atoms with van der Waals surface area (Å²) >= 11 is 1.59. The summed E-state index contributed by atoms with van der Waals surface area (Å²) in [6.45, 7) is 2.81. The van der Waals surface area contributed by atoms with Crippen LogP contribution in [0.2, 0.25) is 0 Å². The van der Waals surface area contributed by atoms with E-state index in [1.807, 2.05) is 6.26 Å². The van der Waals surface area contributed by atoms with Crippen molar-refractivity contribution < 1.29 is 27.4 Å². The fourth-order valence-corrected chi connectivity index (χ4v) is 5.15. The van der Waals surface area contributed by atoms with Gasteiger partial charge in [0.25, 0.3) is 0 Å². The lowest BCUT2D eigenvalue weighted by molar-refractivity contribution is -0.137. The average Bonchev–Trinajstić information content (AvgIpc) is 3.17. The van der Waals surface area contributed by atoms with E-state index in [1.165, 1.54) is 12.1 Å². The van der Waals surface area contributed by atoms with Gasteiger partial charge in [-0.05, 0) is 48.2 Å². The zero-order chi connectivity index (χ0) is 25.8. The molecule has 4 rings (SSSR count). The molecule has 2 aromatic rings. The second-order valence-corrected chi connectivity index (χ2v) is 10.00. The number of amides is 1. The molecule has 1 unspecified atom stereocenters. The number of ether oxygens (including phenoxy) is 2. The molecule has 6 nitrogen and oxygen atoms in total. The summed E-state index contributed by atoms with van der Waals surface area (Å²) in [6.07, 6.45) is -1.12. The number of piperidine rings is 1. The Bertz CT molecular complexity index is 1080. The molecule has 2 aliphatic rings. The van der Waals surface area contributed by atoms with Crippen LogP contribution >= 0.6 is 11.8 Å². The summed E-state index contributed by atoms with van der Waals surface area (Å²) in [5.74, 6) is 1.16. The quantitative estimate of drug-likeness (QED) is 0.446. The van der Waals surface area contributed by atoms with Gasteiger partial charge in [-0.1, -0.05) is 12.1 Å². The molecule has 2 aromatic carbocycles. The van der Waals surface area contributed by atoms with Crippen LogP contribution in [0.4, 0.5) is 18.0 Å². The van der Waals surface area contributed by atoms with Crippen molar-refractivity contribution in [1.82, 2.24) is 9.80 Å². The molecule has 2 fully saturated rings. The van der Waals surface area contributed by atoms with Crippen LogP contribution in [0.3, 0.4) is 0 Å². The highest BCUT2D eigenvalue weighted by Crippen LogP contribution is 2.35. The van der Waals surface area contributed by atoms with Crippen molar-refractivity contribution in [3.8, 4) is 11.8 Å². The summed E-state index contributed by atoms with van der Waals surface area (Å²) in [7, 11) is 0. The molecule has 2 aliphatic heterocycles. The number of alkyl halides is 3. The number of benzene rings is 2. The Morgan fingerprint density at radius 2 is 1.81 bits per heavy atom. The van der Waals surface area contributed by atoms with Crippen LogP contribution in [-0.2, 0) is 10.9 Å². The SMILES string of the molecule is CSCN1CC2(CCN(CCC(Oc3ccc(C#N)cc3)c3ccc(C(F)(F)F)cc3)CC2)OC1=O. The fraction of sp³-hybridized carbons (Fsp3) is 0.462. The number of carbonyl (C=O) groups excluding carboxylic acids is 1. The van der Waals surface area contributed by atoms with Crippen LogP contribution in [0.15, 0.2) is 48.5 Å². The maximum atomic E-state index is 13.0. The summed E-state index contributed by atoms with van der Waals surface area (Å²) in [5.41, 5.74) is 0.0127. The molecule has 1 atom stereocenters. The molecule has 2 heterocycles. The summed E-state index contributed by atoms with van der Waals surface area (Å²) in [5, 5.41) is 9.02. The van der Waals surface area contributed by atoms with Gasteiger partial charge in [-0.25, -0.2) is 4.79 Å². The summed E-state index contributed by atoms with van der Waals surface area (Å²) < 4.78 is 51.1. The maximum Gasteiger partial charge on any atom is 0.416 e. The zero-order valence-electron chi connectivity index (χ0n) is 20.0. The normalized spacial score (nSPS) is 18.6. The average molecular weight is 520 g/mol. The van der Waals surface area contributed by atoms with Gasteiger partial charge in [-0.3, -0.25) is 4.90 Å². The number of rotatable bonds is 8. The Kier molecular flexibility index (Phi) is 8.00. The van der Waals surface area contributed by atoms with Gasteiger partial charge >= 0.3 is 12.3 Å². The van der Waals surface area contributed by atoms with Gasteiger partial charge < -0.3 is 14.4 Å². The predicted octanol–water partition coefficient (Wildman–Crippen LogP) is 5.69. The van der Waals surface area contributed by atoms with Crippen molar-refractivity contribution in [2.75, 3.05) is 38.3 Å². The molecule has 192 valence electrons. The zero-order valence-corrected chi connectivity index (χ0v) is 20.8. The number of nitrogens with zero attached hydrogens (tertiary/aromatic N) is 3. The molecule has 2 saturated heterocycles. The van der Waals surface area contributed by atoms with Crippen LogP contribution in [0, 0.1) is 11.3 Å². The molecule has 10 heteroatoms. The van der Waals surface area contributed by atoms with Gasteiger partial charge in [0.1, 0.15) is 17.5 Å². The third-order valence-electron chi connectivity index (χ3n) is 6.67. The van der Waals surface area contributed by atoms with Crippen LogP contribution < -0.4 is 4.74 Å². The van der Waals surface area contributed by atoms with Gasteiger partial charge in [0.15, 0.2) is 0 Å². The van der Waals surface area contributed by atoms with Gasteiger partial charge in [0.05, 0.1) is 29.6 Å². The fourth-order valence-electron chi connectivity index (χ4n) is 4.65. The highest BCUT2D eigenvalue weighted by Gasteiger charge is 2.46. The van der Waals surface area contributed by atoms with Gasteiger partial charge in [0.2, 0.25) is 0 Å². The molecular formula is C26H28F3N3O3S. The second kappa shape index (κ2) is 11.0. The van der Waals surface area contributed by atoms with E-state index in [0.29, 0.717) is 42.3 Å². The van der Waals surface area contributed by atoms with Crippen molar-refractivity contribution >= 4 is 17.9 Å². The van der Waals surface area contributed by atoms with Crippen LogP contribution in [0.5, 0.6) is 5.75 Å². The minimum Gasteiger partial charge on any atom is -0.486 e. The van der Waals surface area contributed by atoms with Crippen molar-refractivity contribution in [2.24, 2.45) is 0 Å². The highest BCUT2D eigenvalue weighted by atomic mass is 32.2. The van der Waals surface area contributed by atoms with E-state index in [0.717, 1.165) is 38.1 Å². The number of carbonyl (C=O) groups is 1. The maximum absolute atomic E-state index is 13.0. The predicted molar refractivity (Wildman–Crippen MR) is 131 cm³/mol. The monoisotopic (exact) mass is 519 g/mol. The van der Waals surface area contributed by atoms with Crippen molar-refractivity contribution in [1.29, 1.82) is 5.26 Å². The lowest BCUT2D eigenvalue weighted by atomic mass is 9.91. The van der Waals surface area contributed by atoms with E-state index in [-0.39, 0.29) is 6.09 Å². The summed E-state index contributed by atoms with van der Waals surface area (Å²) in [4.78, 5) is 16.2. The first-order chi connectivity index (χ1) is 17.2. The first kappa shape index (κ1) is 26.2. The number of halogens is 3. The minimum absolute atomic E-state index is 0.254. The number of thioether (sulfide) groups is 1. The van der Waals surface area contributed by atoms with E-state index in [1.54, 1.807) is 40.9 Å². The van der Waals surface area contributed by atoms with Crippen molar-refractivity contribution in [2.45, 2.75) is 37.1 Å². The molecule has 0 saturated carbocycles. The third-order valence-corrected chi connectivity index (χ3v) is 7.24. The van der Waals surface area contributed by atoms with Gasteiger partial charge in [-0.15, -0.1) is 11.8 Å². The van der Waals surface area contributed by atoms with Crippen LogP contribution in [0.1, 0.15) is 42.1 Å². The molecule has 1 spiro atoms. The van der Waals surface area contributed by atoms with E-state index >= 15 is 0 Å². The van der Waals surface area contributed by atoms with Crippen LogP contribution in [-0.4, -0.2) is 59.8 Å².